The van der Waals surface area contributed by atoms with Crippen molar-refractivity contribution in [2.75, 3.05) is 6.61 Å². The van der Waals surface area contributed by atoms with E-state index in [2.05, 4.69) is 32.2 Å². The Bertz CT molecular complexity index is 933. The lowest BCUT2D eigenvalue weighted by atomic mass is 10.1. The molecule has 7 heteroatoms. The van der Waals surface area contributed by atoms with Crippen LogP contribution in [-0.2, 0) is 11.2 Å². The Morgan fingerprint density at radius 3 is 2.80 bits per heavy atom. The molecular weight excluding hydrogens is 402 g/mol. The zero-order valence-electron chi connectivity index (χ0n) is 13.4. The zero-order chi connectivity index (χ0) is 17.4. The lowest BCUT2D eigenvalue weighted by Crippen LogP contribution is -2.16. The zero-order valence-corrected chi connectivity index (χ0v) is 15.8. The molecule has 4 rings (SSSR count). The van der Waals surface area contributed by atoms with Gasteiger partial charge in [-0.3, -0.25) is 4.79 Å². The lowest BCUT2D eigenvalue weighted by molar-refractivity contribution is 0.0996. The Morgan fingerprint density at radius 1 is 1.32 bits per heavy atom. The molecule has 2 N–H and O–H groups in total. The van der Waals surface area contributed by atoms with Crippen LogP contribution in [0.4, 0.5) is 0 Å². The molecule has 25 heavy (non-hydrogen) atoms. The molecule has 0 aliphatic carbocycles. The number of amides is 1. The van der Waals surface area contributed by atoms with E-state index in [1.54, 1.807) is 0 Å². The largest absolute Gasteiger partial charge is 0.378 e. The standard InChI is InChI=1S/C18H16BrN3O2S/c19-11-5-3-10(4-6-11)15-9-13-14(8-12-2-1-7-24-12)21-22-16(18(20)23)17(13)25-15/h3-6,9,12H,1-2,7-8H2,(H2,20,23). The maximum Gasteiger partial charge on any atom is 0.270 e. The minimum atomic E-state index is -0.551. The van der Waals surface area contributed by atoms with Gasteiger partial charge in [0.2, 0.25) is 0 Å². The van der Waals surface area contributed by atoms with Crippen molar-refractivity contribution in [2.45, 2.75) is 25.4 Å². The van der Waals surface area contributed by atoms with Crippen LogP contribution < -0.4 is 5.73 Å². The first-order valence-corrected chi connectivity index (χ1v) is 9.69. The van der Waals surface area contributed by atoms with E-state index in [4.69, 9.17) is 10.5 Å². The quantitative estimate of drug-likeness (QED) is 0.696. The molecule has 3 aromatic rings. The van der Waals surface area contributed by atoms with E-state index in [0.717, 1.165) is 50.1 Å². The van der Waals surface area contributed by atoms with Crippen molar-refractivity contribution in [1.29, 1.82) is 0 Å². The third-order valence-electron chi connectivity index (χ3n) is 4.34. The fourth-order valence-electron chi connectivity index (χ4n) is 3.08. The van der Waals surface area contributed by atoms with E-state index < -0.39 is 5.91 Å². The summed E-state index contributed by atoms with van der Waals surface area (Å²) in [6, 6.07) is 10.2. The van der Waals surface area contributed by atoms with E-state index in [1.165, 1.54) is 11.3 Å². The van der Waals surface area contributed by atoms with Gasteiger partial charge >= 0.3 is 0 Å². The molecule has 0 saturated carbocycles. The molecule has 5 nitrogen and oxygen atoms in total. The Kier molecular flexibility index (Phi) is 4.54. The highest BCUT2D eigenvalue weighted by atomic mass is 79.9. The van der Waals surface area contributed by atoms with E-state index in [-0.39, 0.29) is 11.8 Å². The second-order valence-electron chi connectivity index (χ2n) is 6.06. The molecule has 1 aromatic carbocycles. The predicted molar refractivity (Wildman–Crippen MR) is 102 cm³/mol. The maximum atomic E-state index is 11.8. The Hall–Kier alpha value is -1.83. The van der Waals surface area contributed by atoms with Crippen molar-refractivity contribution in [3.05, 3.63) is 46.2 Å². The van der Waals surface area contributed by atoms with Crippen LogP contribution in [0.5, 0.6) is 0 Å². The summed E-state index contributed by atoms with van der Waals surface area (Å²) in [5.41, 5.74) is 7.68. The number of halogens is 1. The van der Waals surface area contributed by atoms with Crippen LogP contribution in [0.2, 0.25) is 0 Å². The van der Waals surface area contributed by atoms with Crippen molar-refractivity contribution in [3.8, 4) is 10.4 Å². The number of carbonyl (C=O) groups excluding carboxylic acids is 1. The van der Waals surface area contributed by atoms with Gasteiger partial charge in [0.1, 0.15) is 0 Å². The van der Waals surface area contributed by atoms with Crippen LogP contribution in [-0.4, -0.2) is 28.8 Å². The summed E-state index contributed by atoms with van der Waals surface area (Å²) >= 11 is 4.98. The van der Waals surface area contributed by atoms with Crippen molar-refractivity contribution in [3.63, 3.8) is 0 Å². The molecule has 1 atom stereocenters. The highest BCUT2D eigenvalue weighted by Gasteiger charge is 2.22. The number of rotatable bonds is 4. The second-order valence-corrected chi connectivity index (χ2v) is 8.03. The maximum absolute atomic E-state index is 11.8. The molecule has 0 spiro atoms. The molecule has 2 aromatic heterocycles. The average Bonchev–Trinajstić information content (AvgIpc) is 3.25. The normalized spacial score (nSPS) is 17.2. The number of fused-ring (bicyclic) bond motifs is 1. The Balaban J connectivity index is 1.82. The van der Waals surface area contributed by atoms with Gasteiger partial charge in [0, 0.05) is 27.8 Å². The smallest absolute Gasteiger partial charge is 0.270 e. The highest BCUT2D eigenvalue weighted by molar-refractivity contribution is 9.10. The van der Waals surface area contributed by atoms with Crippen molar-refractivity contribution < 1.29 is 9.53 Å². The number of ether oxygens (including phenoxy) is 1. The SMILES string of the molecule is NC(=O)c1nnc(CC2CCCO2)c2cc(-c3ccc(Br)cc3)sc12. The molecule has 1 saturated heterocycles. The Labute approximate surface area is 157 Å². The molecule has 3 heterocycles. The molecule has 128 valence electrons. The Morgan fingerprint density at radius 2 is 2.12 bits per heavy atom. The first-order valence-electron chi connectivity index (χ1n) is 8.08. The van der Waals surface area contributed by atoms with Crippen LogP contribution in [0.25, 0.3) is 20.5 Å². The summed E-state index contributed by atoms with van der Waals surface area (Å²) in [5.74, 6) is -0.551. The first kappa shape index (κ1) is 16.6. The number of nitrogens with zero attached hydrogens (tertiary/aromatic N) is 2. The van der Waals surface area contributed by atoms with Gasteiger partial charge in [0.25, 0.3) is 5.91 Å². The van der Waals surface area contributed by atoms with E-state index >= 15 is 0 Å². The summed E-state index contributed by atoms with van der Waals surface area (Å²) in [5, 5.41) is 9.32. The number of primary amides is 1. The molecule has 1 unspecified atom stereocenters. The third-order valence-corrected chi connectivity index (χ3v) is 6.06. The van der Waals surface area contributed by atoms with Crippen LogP contribution in [0.3, 0.4) is 0 Å². The van der Waals surface area contributed by atoms with Crippen molar-refractivity contribution >= 4 is 43.3 Å². The number of thiophene rings is 1. The third kappa shape index (κ3) is 3.31. The number of nitrogens with two attached hydrogens (primary N) is 1. The van der Waals surface area contributed by atoms with Gasteiger partial charge < -0.3 is 10.5 Å². The summed E-state index contributed by atoms with van der Waals surface area (Å²) in [6.45, 7) is 0.800. The number of benzene rings is 1. The minimum absolute atomic E-state index is 0.174. The van der Waals surface area contributed by atoms with Crippen LogP contribution in [0.15, 0.2) is 34.8 Å². The second kappa shape index (κ2) is 6.82. The topological polar surface area (TPSA) is 78.1 Å². The van der Waals surface area contributed by atoms with Gasteiger partial charge in [0.05, 0.1) is 16.5 Å². The molecule has 1 fully saturated rings. The van der Waals surface area contributed by atoms with Gasteiger partial charge in [-0.1, -0.05) is 28.1 Å². The minimum Gasteiger partial charge on any atom is -0.378 e. The van der Waals surface area contributed by atoms with Gasteiger partial charge in [-0.25, -0.2) is 0 Å². The number of hydrogen-bond acceptors (Lipinski definition) is 5. The van der Waals surface area contributed by atoms with Gasteiger partial charge in [-0.15, -0.1) is 16.4 Å². The van der Waals surface area contributed by atoms with Crippen LogP contribution >= 0.6 is 27.3 Å². The van der Waals surface area contributed by atoms with E-state index in [9.17, 15) is 4.79 Å². The van der Waals surface area contributed by atoms with Crippen LogP contribution in [0, 0.1) is 0 Å². The molecule has 1 aliphatic rings. The number of hydrogen-bond donors (Lipinski definition) is 1. The number of carbonyl (C=O) groups is 1. The molecule has 0 bridgehead atoms. The van der Waals surface area contributed by atoms with Crippen molar-refractivity contribution in [2.24, 2.45) is 5.73 Å². The van der Waals surface area contributed by atoms with E-state index in [1.807, 2.05) is 24.3 Å². The molecule has 1 amide bonds. The monoisotopic (exact) mass is 417 g/mol. The van der Waals surface area contributed by atoms with Gasteiger partial charge in [0.15, 0.2) is 5.69 Å². The molecule has 1 aliphatic heterocycles. The van der Waals surface area contributed by atoms with Crippen molar-refractivity contribution in [1.82, 2.24) is 10.2 Å². The highest BCUT2D eigenvalue weighted by Crippen LogP contribution is 2.37. The first-order chi connectivity index (χ1) is 12.1. The van der Waals surface area contributed by atoms with E-state index in [0.29, 0.717) is 6.42 Å². The summed E-state index contributed by atoms with van der Waals surface area (Å²) in [6.07, 6.45) is 2.99. The average molecular weight is 418 g/mol. The lowest BCUT2D eigenvalue weighted by Gasteiger charge is -2.09. The summed E-state index contributed by atoms with van der Waals surface area (Å²) < 4.78 is 7.55. The number of aromatic nitrogens is 2. The van der Waals surface area contributed by atoms with Gasteiger partial charge in [-0.2, -0.15) is 5.10 Å². The van der Waals surface area contributed by atoms with Gasteiger partial charge in [-0.05, 0) is 36.6 Å². The van der Waals surface area contributed by atoms with Crippen LogP contribution in [0.1, 0.15) is 29.0 Å². The predicted octanol–water partition coefficient (Wildman–Crippen LogP) is 3.94. The summed E-state index contributed by atoms with van der Waals surface area (Å²) in [4.78, 5) is 12.8. The fraction of sp³-hybridized carbons (Fsp3) is 0.278. The summed E-state index contributed by atoms with van der Waals surface area (Å²) in [7, 11) is 0. The molecule has 0 radical (unpaired) electrons. The fourth-order valence-corrected chi connectivity index (χ4v) is 4.52. The molecular formula is C18H16BrN3O2S.